The fraction of sp³-hybridized carbons (Fsp3) is 0.467. The number of aryl methyl sites for hydroxylation is 2. The second-order valence-electron chi connectivity index (χ2n) is 4.72. The minimum Gasteiger partial charge on any atom is -0.220 e. The molecule has 0 saturated carbocycles. The highest BCUT2D eigenvalue weighted by Crippen LogP contribution is 2.11. The molecule has 19 heavy (non-hydrogen) atoms. The zero-order valence-electron chi connectivity index (χ0n) is 11.3. The summed E-state index contributed by atoms with van der Waals surface area (Å²) >= 11 is 5.68. The van der Waals surface area contributed by atoms with Gasteiger partial charge in [-0.3, -0.25) is 0 Å². The summed E-state index contributed by atoms with van der Waals surface area (Å²) in [6, 6.07) is 8.55. The SMILES string of the molecule is CCCCc1ccc(-n2cc(CCCCl)nn2)cc1. The molecule has 0 atom stereocenters. The van der Waals surface area contributed by atoms with Gasteiger partial charge in [0.2, 0.25) is 0 Å². The van der Waals surface area contributed by atoms with E-state index in [-0.39, 0.29) is 0 Å². The number of nitrogens with zero attached hydrogens (tertiary/aromatic N) is 3. The first kappa shape index (κ1) is 14.1. The summed E-state index contributed by atoms with van der Waals surface area (Å²) in [5, 5.41) is 8.31. The van der Waals surface area contributed by atoms with Gasteiger partial charge in [0.15, 0.2) is 0 Å². The van der Waals surface area contributed by atoms with Crippen molar-refractivity contribution < 1.29 is 0 Å². The van der Waals surface area contributed by atoms with Crippen LogP contribution < -0.4 is 0 Å². The molecule has 1 aromatic carbocycles. The Hall–Kier alpha value is -1.35. The van der Waals surface area contributed by atoms with Crippen LogP contribution in [-0.4, -0.2) is 20.9 Å². The maximum absolute atomic E-state index is 5.68. The summed E-state index contributed by atoms with van der Waals surface area (Å²) in [5.41, 5.74) is 3.44. The monoisotopic (exact) mass is 277 g/mol. The van der Waals surface area contributed by atoms with Crippen LogP contribution in [0.25, 0.3) is 5.69 Å². The predicted octanol–water partition coefficient (Wildman–Crippen LogP) is 3.78. The average molecular weight is 278 g/mol. The van der Waals surface area contributed by atoms with Gasteiger partial charge in [0.05, 0.1) is 17.6 Å². The van der Waals surface area contributed by atoms with Crippen LogP contribution in [0.4, 0.5) is 0 Å². The van der Waals surface area contributed by atoms with Crippen molar-refractivity contribution in [2.24, 2.45) is 0 Å². The van der Waals surface area contributed by atoms with Gasteiger partial charge < -0.3 is 0 Å². The molecule has 2 aromatic rings. The third kappa shape index (κ3) is 4.06. The Morgan fingerprint density at radius 3 is 2.58 bits per heavy atom. The van der Waals surface area contributed by atoms with Gasteiger partial charge in [0.1, 0.15) is 0 Å². The number of unbranched alkanes of at least 4 members (excludes halogenated alkanes) is 1. The number of hydrogen-bond acceptors (Lipinski definition) is 2. The minimum atomic E-state index is 0.666. The normalized spacial score (nSPS) is 10.8. The summed E-state index contributed by atoms with van der Waals surface area (Å²) in [6.45, 7) is 2.21. The lowest BCUT2D eigenvalue weighted by molar-refractivity contribution is 0.784. The van der Waals surface area contributed by atoms with Gasteiger partial charge in [-0.2, -0.15) is 0 Å². The molecule has 1 aromatic heterocycles. The number of rotatable bonds is 7. The highest BCUT2D eigenvalue weighted by molar-refractivity contribution is 6.17. The molecule has 0 bridgehead atoms. The van der Waals surface area contributed by atoms with Crippen LogP contribution >= 0.6 is 11.6 Å². The topological polar surface area (TPSA) is 30.7 Å². The number of benzene rings is 1. The van der Waals surface area contributed by atoms with E-state index >= 15 is 0 Å². The molecule has 102 valence electrons. The summed E-state index contributed by atoms with van der Waals surface area (Å²) in [4.78, 5) is 0. The van der Waals surface area contributed by atoms with Crippen molar-refractivity contribution in [2.75, 3.05) is 5.88 Å². The Bertz CT molecular complexity index is 490. The first-order valence-electron chi connectivity index (χ1n) is 6.90. The summed E-state index contributed by atoms with van der Waals surface area (Å²) in [5.74, 6) is 0.666. The Morgan fingerprint density at radius 2 is 1.89 bits per heavy atom. The summed E-state index contributed by atoms with van der Waals surface area (Å²) < 4.78 is 1.83. The van der Waals surface area contributed by atoms with Gasteiger partial charge >= 0.3 is 0 Å². The molecule has 0 N–H and O–H groups in total. The van der Waals surface area contributed by atoms with Gasteiger partial charge in [0, 0.05) is 5.88 Å². The van der Waals surface area contributed by atoms with Gasteiger partial charge in [-0.05, 0) is 43.4 Å². The summed E-state index contributed by atoms with van der Waals surface area (Å²) in [6.07, 6.45) is 7.43. The van der Waals surface area contributed by atoms with Gasteiger partial charge in [-0.25, -0.2) is 4.68 Å². The van der Waals surface area contributed by atoms with E-state index in [4.69, 9.17) is 11.6 Å². The van der Waals surface area contributed by atoms with Gasteiger partial charge in [-0.1, -0.05) is 30.7 Å². The van der Waals surface area contributed by atoms with E-state index in [2.05, 4.69) is 41.5 Å². The van der Waals surface area contributed by atoms with Crippen molar-refractivity contribution >= 4 is 11.6 Å². The lowest BCUT2D eigenvalue weighted by Crippen LogP contribution is -1.95. The fourth-order valence-corrected chi connectivity index (χ4v) is 2.12. The zero-order chi connectivity index (χ0) is 13.5. The molecule has 0 radical (unpaired) electrons. The average Bonchev–Trinajstić information content (AvgIpc) is 2.92. The molecule has 0 aliphatic heterocycles. The van der Waals surface area contributed by atoms with Gasteiger partial charge in [-0.15, -0.1) is 16.7 Å². The van der Waals surface area contributed by atoms with Crippen LogP contribution in [-0.2, 0) is 12.8 Å². The molecule has 0 amide bonds. The number of hydrogen-bond donors (Lipinski definition) is 0. The molecule has 3 nitrogen and oxygen atoms in total. The molecular weight excluding hydrogens is 258 g/mol. The van der Waals surface area contributed by atoms with Crippen LogP contribution in [0.3, 0.4) is 0 Å². The van der Waals surface area contributed by atoms with Crippen molar-refractivity contribution in [3.05, 3.63) is 41.7 Å². The van der Waals surface area contributed by atoms with Crippen LogP contribution in [0.2, 0.25) is 0 Å². The molecule has 0 fully saturated rings. The predicted molar refractivity (Wildman–Crippen MR) is 79.0 cm³/mol. The first-order valence-corrected chi connectivity index (χ1v) is 7.43. The number of aromatic nitrogens is 3. The molecule has 0 unspecified atom stereocenters. The van der Waals surface area contributed by atoms with E-state index in [0.29, 0.717) is 5.88 Å². The Morgan fingerprint density at radius 1 is 1.11 bits per heavy atom. The maximum atomic E-state index is 5.68. The van der Waals surface area contributed by atoms with Crippen LogP contribution in [0.15, 0.2) is 30.5 Å². The van der Waals surface area contributed by atoms with Gasteiger partial charge in [0.25, 0.3) is 0 Å². The van der Waals surface area contributed by atoms with Crippen molar-refractivity contribution in [2.45, 2.75) is 39.0 Å². The Kier molecular flexibility index (Phi) is 5.40. The molecule has 4 heteroatoms. The first-order chi connectivity index (χ1) is 9.33. The molecule has 2 rings (SSSR count). The Balaban J connectivity index is 2.02. The fourth-order valence-electron chi connectivity index (χ4n) is 1.98. The highest BCUT2D eigenvalue weighted by atomic mass is 35.5. The maximum Gasteiger partial charge on any atom is 0.0832 e. The highest BCUT2D eigenvalue weighted by Gasteiger charge is 2.02. The van der Waals surface area contributed by atoms with E-state index in [1.807, 2.05) is 10.9 Å². The quantitative estimate of drug-likeness (QED) is 0.721. The molecular formula is C15H20ClN3. The van der Waals surface area contributed by atoms with E-state index in [1.165, 1.54) is 18.4 Å². The number of alkyl halides is 1. The lowest BCUT2D eigenvalue weighted by Gasteiger charge is -2.03. The molecule has 0 aliphatic carbocycles. The van der Waals surface area contributed by atoms with Crippen molar-refractivity contribution in [3.8, 4) is 5.69 Å². The summed E-state index contributed by atoms with van der Waals surface area (Å²) in [7, 11) is 0. The standard InChI is InChI=1S/C15H20ClN3/c1-2-3-5-13-7-9-15(10-8-13)19-12-14(17-18-19)6-4-11-16/h7-10,12H,2-6,11H2,1H3. The smallest absolute Gasteiger partial charge is 0.0832 e. The number of halogens is 1. The minimum absolute atomic E-state index is 0.666. The molecule has 0 aliphatic rings. The second-order valence-corrected chi connectivity index (χ2v) is 5.09. The third-order valence-corrected chi connectivity index (χ3v) is 3.39. The molecule has 0 saturated heterocycles. The largest absolute Gasteiger partial charge is 0.220 e. The van der Waals surface area contributed by atoms with E-state index < -0.39 is 0 Å². The van der Waals surface area contributed by atoms with E-state index in [0.717, 1.165) is 30.6 Å². The third-order valence-electron chi connectivity index (χ3n) is 3.13. The van der Waals surface area contributed by atoms with E-state index in [9.17, 15) is 0 Å². The molecule has 0 spiro atoms. The van der Waals surface area contributed by atoms with Crippen LogP contribution in [0.5, 0.6) is 0 Å². The van der Waals surface area contributed by atoms with Crippen LogP contribution in [0, 0.1) is 0 Å². The second kappa shape index (κ2) is 7.29. The lowest BCUT2D eigenvalue weighted by atomic mass is 10.1. The molecule has 1 heterocycles. The zero-order valence-corrected chi connectivity index (χ0v) is 12.1. The Labute approximate surface area is 119 Å². The van der Waals surface area contributed by atoms with Crippen molar-refractivity contribution in [3.63, 3.8) is 0 Å². The van der Waals surface area contributed by atoms with E-state index in [1.54, 1.807) is 0 Å². The van der Waals surface area contributed by atoms with Crippen molar-refractivity contribution in [1.29, 1.82) is 0 Å². The van der Waals surface area contributed by atoms with Crippen LogP contribution in [0.1, 0.15) is 37.4 Å². The van der Waals surface area contributed by atoms with Crippen molar-refractivity contribution in [1.82, 2.24) is 15.0 Å².